The summed E-state index contributed by atoms with van der Waals surface area (Å²) in [6, 6.07) is 1.19. The number of aromatic nitrogens is 2. The van der Waals surface area contributed by atoms with Crippen LogP contribution in [0.15, 0.2) is 18.0 Å². The van der Waals surface area contributed by atoms with Crippen LogP contribution >= 0.6 is 0 Å². The van der Waals surface area contributed by atoms with E-state index in [1.54, 1.807) is 20.8 Å². The Kier molecular flexibility index (Phi) is 5.01. The molecule has 1 heterocycles. The number of alkyl halides is 2. The van der Waals surface area contributed by atoms with Crippen molar-refractivity contribution in [2.24, 2.45) is 0 Å². The molecule has 116 valence electrons. The summed E-state index contributed by atoms with van der Waals surface area (Å²) in [5.74, 6) is -1.45. The van der Waals surface area contributed by atoms with Gasteiger partial charge in [-0.1, -0.05) is 0 Å². The lowest BCUT2D eigenvalue weighted by atomic mass is 10.2. The van der Waals surface area contributed by atoms with Gasteiger partial charge in [0, 0.05) is 6.20 Å². The van der Waals surface area contributed by atoms with E-state index >= 15 is 0 Å². The lowest BCUT2D eigenvalue weighted by molar-refractivity contribution is -0.133. The first-order valence-corrected chi connectivity index (χ1v) is 5.87. The van der Waals surface area contributed by atoms with Gasteiger partial charge in [-0.2, -0.15) is 13.9 Å². The number of hydrogen-bond acceptors (Lipinski definition) is 4. The van der Waals surface area contributed by atoms with Crippen molar-refractivity contribution in [2.45, 2.75) is 32.9 Å². The minimum Gasteiger partial charge on any atom is -0.477 e. The number of amides is 1. The van der Waals surface area contributed by atoms with Crippen LogP contribution in [0.2, 0.25) is 0 Å². The molecule has 0 aliphatic rings. The monoisotopic (exact) mass is 303 g/mol. The van der Waals surface area contributed by atoms with Crippen LogP contribution < -0.4 is 5.32 Å². The summed E-state index contributed by atoms with van der Waals surface area (Å²) in [6.45, 7) is 2.00. The maximum atomic E-state index is 12.3. The van der Waals surface area contributed by atoms with Crippen LogP contribution in [0.25, 0.3) is 6.08 Å². The highest BCUT2D eigenvalue weighted by atomic mass is 19.3. The number of hydrogen-bond donors (Lipinski definition) is 2. The molecule has 0 aromatic carbocycles. The van der Waals surface area contributed by atoms with Gasteiger partial charge in [0.15, 0.2) is 0 Å². The molecule has 1 rings (SSSR count). The number of carbonyl (C=O) groups excluding carboxylic acids is 1. The van der Waals surface area contributed by atoms with Crippen molar-refractivity contribution in [1.82, 2.24) is 15.1 Å². The normalized spacial score (nSPS) is 12.4. The van der Waals surface area contributed by atoms with Gasteiger partial charge in [0.1, 0.15) is 11.3 Å². The molecule has 0 aliphatic carbocycles. The Morgan fingerprint density at radius 3 is 2.52 bits per heavy atom. The van der Waals surface area contributed by atoms with E-state index in [1.807, 2.05) is 5.32 Å². The lowest BCUT2D eigenvalue weighted by Gasteiger charge is -2.19. The number of nitrogens with one attached hydrogen (secondary N) is 1. The minimum absolute atomic E-state index is 0.0382. The van der Waals surface area contributed by atoms with Gasteiger partial charge in [-0.05, 0) is 32.9 Å². The van der Waals surface area contributed by atoms with Crippen LogP contribution in [-0.4, -0.2) is 32.6 Å². The average molecular weight is 303 g/mol. The van der Waals surface area contributed by atoms with Crippen molar-refractivity contribution in [3.8, 4) is 0 Å². The largest absolute Gasteiger partial charge is 0.477 e. The third kappa shape index (κ3) is 5.59. The molecule has 1 aromatic rings. The first-order valence-electron chi connectivity index (χ1n) is 5.87. The van der Waals surface area contributed by atoms with Crippen LogP contribution in [0.4, 0.5) is 13.6 Å². The Hall–Kier alpha value is -2.45. The summed E-state index contributed by atoms with van der Waals surface area (Å²) < 4.78 is 30.0. The summed E-state index contributed by atoms with van der Waals surface area (Å²) in [7, 11) is 0. The second-order valence-electron chi connectivity index (χ2n) is 4.99. The van der Waals surface area contributed by atoms with E-state index in [-0.39, 0.29) is 5.69 Å². The Morgan fingerprint density at radius 1 is 1.48 bits per heavy atom. The van der Waals surface area contributed by atoms with Crippen molar-refractivity contribution >= 4 is 18.1 Å². The quantitative estimate of drug-likeness (QED) is 0.832. The van der Waals surface area contributed by atoms with Gasteiger partial charge in [-0.25, -0.2) is 14.3 Å². The van der Waals surface area contributed by atoms with E-state index in [0.717, 1.165) is 12.3 Å². The number of nitrogens with zero attached hydrogens (tertiary/aromatic N) is 2. The molecular weight excluding hydrogens is 288 g/mol. The first-order chi connectivity index (χ1) is 9.58. The number of carbonyl (C=O) groups is 2. The van der Waals surface area contributed by atoms with Gasteiger partial charge in [-0.15, -0.1) is 0 Å². The molecule has 0 fully saturated rings. The average Bonchev–Trinajstić information content (AvgIpc) is 2.74. The van der Waals surface area contributed by atoms with E-state index in [2.05, 4.69) is 5.10 Å². The Labute approximate surface area is 119 Å². The molecule has 0 saturated heterocycles. The van der Waals surface area contributed by atoms with Gasteiger partial charge in [0.05, 0.1) is 5.69 Å². The fourth-order valence-electron chi connectivity index (χ4n) is 1.25. The van der Waals surface area contributed by atoms with Crippen molar-refractivity contribution in [1.29, 1.82) is 0 Å². The van der Waals surface area contributed by atoms with Crippen LogP contribution in [0.1, 0.15) is 33.0 Å². The van der Waals surface area contributed by atoms with Crippen molar-refractivity contribution < 1.29 is 28.2 Å². The van der Waals surface area contributed by atoms with Crippen LogP contribution in [-0.2, 0) is 9.53 Å². The minimum atomic E-state index is -2.83. The van der Waals surface area contributed by atoms with Gasteiger partial charge in [0.2, 0.25) is 0 Å². The number of carboxylic acid groups (broad SMARTS) is 1. The molecule has 21 heavy (non-hydrogen) atoms. The van der Waals surface area contributed by atoms with E-state index in [1.165, 1.54) is 6.07 Å². The van der Waals surface area contributed by atoms with Gasteiger partial charge in [0.25, 0.3) is 0 Å². The van der Waals surface area contributed by atoms with Crippen molar-refractivity contribution in [3.05, 3.63) is 23.7 Å². The molecule has 0 bridgehead atoms. The van der Waals surface area contributed by atoms with E-state index in [9.17, 15) is 18.4 Å². The molecule has 0 unspecified atom stereocenters. The summed E-state index contributed by atoms with van der Waals surface area (Å²) in [4.78, 5) is 22.5. The highest BCUT2D eigenvalue weighted by Crippen LogP contribution is 2.11. The zero-order valence-corrected chi connectivity index (χ0v) is 11.6. The Balaban J connectivity index is 2.88. The summed E-state index contributed by atoms with van der Waals surface area (Å²) in [5, 5.41) is 14.4. The molecule has 1 amide bonds. The predicted octanol–water partition coefficient (Wildman–Crippen LogP) is 2.23. The predicted molar refractivity (Wildman–Crippen MR) is 68.5 cm³/mol. The summed E-state index contributed by atoms with van der Waals surface area (Å²) in [6.07, 6.45) is 0.971. The highest BCUT2D eigenvalue weighted by molar-refractivity contribution is 5.95. The maximum Gasteiger partial charge on any atom is 0.412 e. The lowest BCUT2D eigenvalue weighted by Crippen LogP contribution is -2.34. The summed E-state index contributed by atoms with van der Waals surface area (Å²) in [5.41, 5.74) is -1.38. The molecule has 0 saturated carbocycles. The second-order valence-corrected chi connectivity index (χ2v) is 4.99. The SMILES string of the molecule is CC(C)(C)OC(=O)N/C(=C\c1ccn(C(F)F)n1)C(=O)O. The van der Waals surface area contributed by atoms with Gasteiger partial charge in [-0.3, -0.25) is 5.32 Å². The third-order valence-corrected chi connectivity index (χ3v) is 1.99. The first kappa shape index (κ1) is 16.6. The van der Waals surface area contributed by atoms with Crippen LogP contribution in [0.5, 0.6) is 0 Å². The molecule has 0 aliphatic heterocycles. The topological polar surface area (TPSA) is 93.5 Å². The fraction of sp³-hybridized carbons (Fsp3) is 0.417. The molecule has 2 N–H and O–H groups in total. The molecule has 0 atom stereocenters. The number of rotatable bonds is 4. The zero-order valence-electron chi connectivity index (χ0n) is 11.6. The zero-order chi connectivity index (χ0) is 16.2. The van der Waals surface area contributed by atoms with Crippen LogP contribution in [0.3, 0.4) is 0 Å². The molecule has 9 heteroatoms. The molecule has 0 spiro atoms. The molecular formula is C12H15F2N3O4. The van der Waals surface area contributed by atoms with E-state index < -0.39 is 29.9 Å². The molecule has 1 aromatic heterocycles. The van der Waals surface area contributed by atoms with E-state index in [0.29, 0.717) is 4.68 Å². The standard InChI is InChI=1S/C12H15F2N3O4/c1-12(2,3)21-11(20)15-8(9(18)19)6-7-4-5-17(16-7)10(13)14/h4-6,10H,1-3H3,(H,15,20)(H,18,19)/b8-6-. The van der Waals surface area contributed by atoms with Crippen molar-refractivity contribution in [3.63, 3.8) is 0 Å². The Bertz CT molecular complexity index is 561. The smallest absolute Gasteiger partial charge is 0.412 e. The number of aliphatic carboxylic acids is 1. The molecule has 0 radical (unpaired) electrons. The number of ether oxygens (including phenoxy) is 1. The highest BCUT2D eigenvalue weighted by Gasteiger charge is 2.19. The van der Waals surface area contributed by atoms with Crippen molar-refractivity contribution in [2.75, 3.05) is 0 Å². The maximum absolute atomic E-state index is 12.3. The third-order valence-electron chi connectivity index (χ3n) is 1.99. The Morgan fingerprint density at radius 2 is 2.10 bits per heavy atom. The van der Waals surface area contributed by atoms with Gasteiger partial charge < -0.3 is 9.84 Å². The number of carboxylic acids is 1. The number of halogens is 2. The fourth-order valence-corrected chi connectivity index (χ4v) is 1.25. The molecule has 7 nitrogen and oxygen atoms in total. The van der Waals surface area contributed by atoms with E-state index in [4.69, 9.17) is 9.84 Å². The second kappa shape index (κ2) is 6.33. The number of alkyl carbamates (subject to hydrolysis) is 1. The van der Waals surface area contributed by atoms with Gasteiger partial charge >= 0.3 is 18.6 Å². The summed E-state index contributed by atoms with van der Waals surface area (Å²) >= 11 is 0. The van der Waals surface area contributed by atoms with Crippen LogP contribution in [0, 0.1) is 0 Å².